The highest BCUT2D eigenvalue weighted by atomic mass is 16.2. The lowest BCUT2D eigenvalue weighted by Crippen LogP contribution is -2.40. The van der Waals surface area contributed by atoms with Crippen molar-refractivity contribution >= 4 is 5.91 Å². The first-order chi connectivity index (χ1) is 10.2. The van der Waals surface area contributed by atoms with Gasteiger partial charge < -0.3 is 10.2 Å². The van der Waals surface area contributed by atoms with Gasteiger partial charge in [-0.1, -0.05) is 43.7 Å². The van der Waals surface area contributed by atoms with Crippen LogP contribution in [0.15, 0.2) is 30.3 Å². The van der Waals surface area contributed by atoms with Gasteiger partial charge in [0.05, 0.1) is 12.6 Å². The Bertz CT molecular complexity index is 428. The normalized spacial score (nSPS) is 15.7. The van der Waals surface area contributed by atoms with E-state index in [-0.39, 0.29) is 11.9 Å². The fourth-order valence-corrected chi connectivity index (χ4v) is 2.58. The lowest BCUT2D eigenvalue weighted by atomic mass is 10.1. The van der Waals surface area contributed by atoms with Gasteiger partial charge in [0.2, 0.25) is 5.91 Å². The SMILES string of the molecule is CCCCN(C(=O)CNCC1CC1)C(C)c1ccccc1. The van der Waals surface area contributed by atoms with E-state index in [4.69, 9.17) is 0 Å². The fourth-order valence-electron chi connectivity index (χ4n) is 2.58. The number of carbonyl (C=O) groups is 1. The fraction of sp³-hybridized carbons (Fsp3) is 0.611. The molecule has 116 valence electrons. The van der Waals surface area contributed by atoms with Crippen LogP contribution < -0.4 is 5.32 Å². The minimum absolute atomic E-state index is 0.146. The number of unbranched alkanes of at least 4 members (excludes halogenated alkanes) is 1. The monoisotopic (exact) mass is 288 g/mol. The molecule has 0 radical (unpaired) electrons. The van der Waals surface area contributed by atoms with Crippen LogP contribution in [0.4, 0.5) is 0 Å². The van der Waals surface area contributed by atoms with Crippen LogP contribution in [0.2, 0.25) is 0 Å². The van der Waals surface area contributed by atoms with Crippen molar-refractivity contribution in [2.75, 3.05) is 19.6 Å². The number of amides is 1. The summed E-state index contributed by atoms with van der Waals surface area (Å²) in [5.41, 5.74) is 1.21. The Morgan fingerprint density at radius 3 is 2.67 bits per heavy atom. The summed E-state index contributed by atoms with van der Waals surface area (Å²) in [7, 11) is 0. The Morgan fingerprint density at radius 1 is 1.33 bits per heavy atom. The van der Waals surface area contributed by atoms with Gasteiger partial charge in [-0.05, 0) is 44.2 Å². The largest absolute Gasteiger partial charge is 0.335 e. The van der Waals surface area contributed by atoms with E-state index in [0.29, 0.717) is 6.54 Å². The Hall–Kier alpha value is -1.35. The third-order valence-electron chi connectivity index (χ3n) is 4.23. The molecule has 0 heterocycles. The summed E-state index contributed by atoms with van der Waals surface area (Å²) in [5, 5.41) is 3.32. The first kappa shape index (κ1) is 16.0. The third-order valence-corrected chi connectivity index (χ3v) is 4.23. The average molecular weight is 288 g/mol. The molecule has 0 saturated heterocycles. The summed E-state index contributed by atoms with van der Waals surface area (Å²) in [4.78, 5) is 14.6. The lowest BCUT2D eigenvalue weighted by Gasteiger charge is -2.30. The van der Waals surface area contributed by atoms with Crippen molar-refractivity contribution in [3.8, 4) is 0 Å². The highest BCUT2D eigenvalue weighted by Crippen LogP contribution is 2.27. The van der Waals surface area contributed by atoms with Crippen molar-refractivity contribution in [2.45, 2.75) is 45.6 Å². The number of benzene rings is 1. The van der Waals surface area contributed by atoms with Gasteiger partial charge in [0, 0.05) is 6.54 Å². The molecule has 0 aromatic heterocycles. The molecule has 1 N–H and O–H groups in total. The van der Waals surface area contributed by atoms with Gasteiger partial charge in [-0.15, -0.1) is 0 Å². The van der Waals surface area contributed by atoms with Crippen molar-refractivity contribution in [1.82, 2.24) is 10.2 Å². The van der Waals surface area contributed by atoms with Crippen LogP contribution >= 0.6 is 0 Å². The first-order valence-electron chi connectivity index (χ1n) is 8.27. The van der Waals surface area contributed by atoms with Crippen LogP contribution in [0.25, 0.3) is 0 Å². The molecule has 1 aliphatic rings. The molecule has 3 heteroatoms. The minimum Gasteiger partial charge on any atom is -0.335 e. The molecule has 1 aromatic carbocycles. The maximum Gasteiger partial charge on any atom is 0.237 e. The second kappa shape index (κ2) is 8.18. The van der Waals surface area contributed by atoms with Crippen molar-refractivity contribution in [3.05, 3.63) is 35.9 Å². The van der Waals surface area contributed by atoms with Gasteiger partial charge in [0.15, 0.2) is 0 Å². The third kappa shape index (κ3) is 5.16. The molecule has 0 bridgehead atoms. The number of hydrogen-bond acceptors (Lipinski definition) is 2. The van der Waals surface area contributed by atoms with Gasteiger partial charge in [-0.3, -0.25) is 4.79 Å². The van der Waals surface area contributed by atoms with Crippen molar-refractivity contribution < 1.29 is 4.79 Å². The second-order valence-corrected chi connectivity index (χ2v) is 6.10. The molecule has 1 aliphatic carbocycles. The van der Waals surface area contributed by atoms with Gasteiger partial charge in [-0.2, -0.15) is 0 Å². The quantitative estimate of drug-likeness (QED) is 0.755. The average Bonchev–Trinajstić information content (AvgIpc) is 3.32. The summed E-state index contributed by atoms with van der Waals surface area (Å²) in [5.74, 6) is 1.04. The van der Waals surface area contributed by atoms with Crippen LogP contribution in [-0.2, 0) is 4.79 Å². The molecule has 1 atom stereocenters. The summed E-state index contributed by atoms with van der Waals surface area (Å²) in [6.07, 6.45) is 4.81. The van der Waals surface area contributed by atoms with Crippen molar-refractivity contribution in [1.29, 1.82) is 0 Å². The van der Waals surface area contributed by atoms with Gasteiger partial charge in [-0.25, -0.2) is 0 Å². The summed E-state index contributed by atoms with van der Waals surface area (Å²) >= 11 is 0. The van der Waals surface area contributed by atoms with E-state index < -0.39 is 0 Å². The lowest BCUT2D eigenvalue weighted by molar-refractivity contribution is -0.132. The minimum atomic E-state index is 0.146. The Balaban J connectivity index is 1.92. The van der Waals surface area contributed by atoms with E-state index >= 15 is 0 Å². The predicted molar refractivity (Wildman–Crippen MR) is 87.1 cm³/mol. The molecule has 1 fully saturated rings. The Labute approximate surface area is 128 Å². The van der Waals surface area contributed by atoms with E-state index in [1.807, 2.05) is 23.1 Å². The molecule has 3 nitrogen and oxygen atoms in total. The summed E-state index contributed by atoms with van der Waals surface area (Å²) < 4.78 is 0. The maximum atomic E-state index is 12.5. The number of rotatable bonds is 9. The molecule has 1 aromatic rings. The van der Waals surface area contributed by atoms with Crippen molar-refractivity contribution in [2.24, 2.45) is 5.92 Å². The predicted octanol–water partition coefficient (Wildman–Crippen LogP) is 3.38. The van der Waals surface area contributed by atoms with Gasteiger partial charge >= 0.3 is 0 Å². The van der Waals surface area contributed by atoms with Crippen LogP contribution in [-0.4, -0.2) is 30.4 Å². The molecule has 2 rings (SSSR count). The Morgan fingerprint density at radius 2 is 2.05 bits per heavy atom. The first-order valence-corrected chi connectivity index (χ1v) is 8.27. The second-order valence-electron chi connectivity index (χ2n) is 6.10. The zero-order valence-electron chi connectivity index (χ0n) is 13.3. The number of nitrogens with one attached hydrogen (secondary N) is 1. The zero-order chi connectivity index (χ0) is 15.1. The Kier molecular flexibility index (Phi) is 6.24. The molecule has 21 heavy (non-hydrogen) atoms. The van der Waals surface area contributed by atoms with Crippen LogP contribution in [0.1, 0.15) is 51.1 Å². The van der Waals surface area contributed by atoms with E-state index in [0.717, 1.165) is 31.8 Å². The zero-order valence-corrected chi connectivity index (χ0v) is 13.3. The molecule has 0 aliphatic heterocycles. The van der Waals surface area contributed by atoms with Crippen LogP contribution in [0, 0.1) is 5.92 Å². The van der Waals surface area contributed by atoms with E-state index in [1.165, 1.54) is 18.4 Å². The van der Waals surface area contributed by atoms with E-state index in [2.05, 4.69) is 31.3 Å². The highest BCUT2D eigenvalue weighted by Gasteiger charge is 2.23. The number of hydrogen-bond donors (Lipinski definition) is 1. The standard InChI is InChI=1S/C18H28N2O/c1-3-4-12-20(15(2)17-8-6-5-7-9-17)18(21)14-19-13-16-10-11-16/h5-9,15-16,19H,3-4,10-14H2,1-2H3. The van der Waals surface area contributed by atoms with E-state index in [9.17, 15) is 4.79 Å². The highest BCUT2D eigenvalue weighted by molar-refractivity contribution is 5.78. The topological polar surface area (TPSA) is 32.3 Å². The summed E-state index contributed by atoms with van der Waals surface area (Å²) in [6.45, 7) is 6.60. The molecular weight excluding hydrogens is 260 g/mol. The number of nitrogens with zero attached hydrogens (tertiary/aromatic N) is 1. The van der Waals surface area contributed by atoms with Crippen molar-refractivity contribution in [3.63, 3.8) is 0 Å². The van der Waals surface area contributed by atoms with Gasteiger partial charge in [0.1, 0.15) is 0 Å². The molecule has 1 unspecified atom stereocenters. The molecule has 1 amide bonds. The molecule has 1 saturated carbocycles. The smallest absolute Gasteiger partial charge is 0.237 e. The number of carbonyl (C=O) groups excluding carboxylic acids is 1. The van der Waals surface area contributed by atoms with Crippen LogP contribution in [0.5, 0.6) is 0 Å². The van der Waals surface area contributed by atoms with Crippen LogP contribution in [0.3, 0.4) is 0 Å². The van der Waals surface area contributed by atoms with E-state index in [1.54, 1.807) is 0 Å². The van der Waals surface area contributed by atoms with Gasteiger partial charge in [0.25, 0.3) is 0 Å². The summed E-state index contributed by atoms with van der Waals surface area (Å²) in [6, 6.07) is 10.5. The maximum absolute atomic E-state index is 12.5. The molecule has 0 spiro atoms. The molecular formula is C18H28N2O.